The number of aromatic nitrogens is 1. The van der Waals surface area contributed by atoms with E-state index in [1.54, 1.807) is 0 Å². The van der Waals surface area contributed by atoms with Crippen LogP contribution in [0.1, 0.15) is 0 Å². The Kier molecular flexibility index (Phi) is 9.61. The highest BCUT2D eigenvalue weighted by Gasteiger charge is 2.32. The molecule has 3 heterocycles. The summed E-state index contributed by atoms with van der Waals surface area (Å²) in [5.41, 5.74) is 19.8. The first-order valence-corrected chi connectivity index (χ1v) is 24.4. The zero-order valence-corrected chi connectivity index (χ0v) is 39.0. The predicted molar refractivity (Wildman–Crippen MR) is 299 cm³/mol. The summed E-state index contributed by atoms with van der Waals surface area (Å²) in [6, 6.07) is 92.2. The van der Waals surface area contributed by atoms with Crippen molar-refractivity contribution in [3.8, 4) is 50.2 Å². The van der Waals surface area contributed by atoms with Crippen LogP contribution < -0.4 is 15.2 Å². The van der Waals surface area contributed by atoms with Crippen LogP contribution in [0, 0.1) is 0 Å². The minimum Gasteiger partial charge on any atom is -0.456 e. The fourth-order valence-corrected chi connectivity index (χ4v) is 10.8. The molecule has 2 aromatic heterocycles. The lowest BCUT2D eigenvalue weighted by Gasteiger charge is -2.41. The van der Waals surface area contributed by atoms with E-state index in [0.29, 0.717) is 21.9 Å². The number of anilines is 6. The van der Waals surface area contributed by atoms with Gasteiger partial charge in [-0.2, -0.15) is 0 Å². The molecule has 1 aliphatic heterocycles. The van der Waals surface area contributed by atoms with E-state index in [2.05, 4.69) is 233 Å². The number of fused-ring (bicyclic) bond motifs is 7. The SMILES string of the molecule is O=c1c2ccccc2oc2cc(-c3ccc(N4c5ccc(-c6cccc(-c7ccccc7)c6)cc5N(c5ccccc5)c5cc(-c6ccc7c(c6)c6ccccc6n7-c6ccccc6)ccc54)cc3)ccc12. The van der Waals surface area contributed by atoms with Crippen LogP contribution in [0.5, 0.6) is 0 Å². The number of hydrogen-bond donors (Lipinski definition) is 0. The second-order valence-electron chi connectivity index (χ2n) is 18.5. The zero-order chi connectivity index (χ0) is 47.7. The summed E-state index contributed by atoms with van der Waals surface area (Å²) in [6.45, 7) is 0. The molecule has 338 valence electrons. The van der Waals surface area contributed by atoms with Crippen LogP contribution in [0.2, 0.25) is 0 Å². The third-order valence-corrected chi connectivity index (χ3v) is 14.3. The molecule has 14 rings (SSSR count). The Bertz CT molecular complexity index is 4290. The smallest absolute Gasteiger partial charge is 0.200 e. The summed E-state index contributed by atoms with van der Waals surface area (Å²) in [7, 11) is 0. The molecule has 72 heavy (non-hydrogen) atoms. The molecule has 0 fully saturated rings. The first-order chi connectivity index (χ1) is 35.6. The van der Waals surface area contributed by atoms with Crippen molar-refractivity contribution < 1.29 is 4.42 Å². The summed E-state index contributed by atoms with van der Waals surface area (Å²) < 4.78 is 8.66. The second kappa shape index (κ2) is 16.8. The highest BCUT2D eigenvalue weighted by molar-refractivity contribution is 6.11. The third kappa shape index (κ3) is 6.82. The van der Waals surface area contributed by atoms with Gasteiger partial charge in [0.05, 0.1) is 44.6 Å². The molecule has 5 nitrogen and oxygen atoms in total. The predicted octanol–water partition coefficient (Wildman–Crippen LogP) is 18.0. The van der Waals surface area contributed by atoms with Crippen molar-refractivity contribution in [1.82, 2.24) is 4.57 Å². The molecule has 0 amide bonds. The van der Waals surface area contributed by atoms with Crippen LogP contribution in [0.3, 0.4) is 0 Å². The normalized spacial score (nSPS) is 12.2. The molecule has 0 aliphatic carbocycles. The van der Waals surface area contributed by atoms with E-state index in [0.717, 1.165) is 73.2 Å². The Morgan fingerprint density at radius 2 is 0.722 bits per heavy atom. The van der Waals surface area contributed by atoms with Crippen LogP contribution >= 0.6 is 0 Å². The van der Waals surface area contributed by atoms with E-state index in [4.69, 9.17) is 4.42 Å². The summed E-state index contributed by atoms with van der Waals surface area (Å²) in [5, 5.41) is 3.59. The lowest BCUT2D eigenvalue weighted by molar-refractivity contribution is 0.660. The van der Waals surface area contributed by atoms with Crippen molar-refractivity contribution >= 4 is 77.9 Å². The largest absolute Gasteiger partial charge is 0.456 e. The monoisotopic (exact) mass is 921 g/mol. The molecule has 0 N–H and O–H groups in total. The molecule has 1 aliphatic rings. The molecule has 0 saturated carbocycles. The van der Waals surface area contributed by atoms with Gasteiger partial charge in [0.25, 0.3) is 0 Å². The van der Waals surface area contributed by atoms with Crippen molar-refractivity contribution in [2.45, 2.75) is 0 Å². The van der Waals surface area contributed by atoms with Gasteiger partial charge in [0.1, 0.15) is 11.2 Å². The topological polar surface area (TPSA) is 41.6 Å². The summed E-state index contributed by atoms with van der Waals surface area (Å²) >= 11 is 0. The maximum atomic E-state index is 13.4. The Morgan fingerprint density at radius 1 is 0.264 bits per heavy atom. The van der Waals surface area contributed by atoms with Gasteiger partial charge in [-0.15, -0.1) is 0 Å². The van der Waals surface area contributed by atoms with E-state index in [1.165, 1.54) is 32.9 Å². The van der Waals surface area contributed by atoms with Gasteiger partial charge in [0.15, 0.2) is 0 Å². The average molecular weight is 922 g/mol. The average Bonchev–Trinajstić information content (AvgIpc) is 3.78. The highest BCUT2D eigenvalue weighted by Crippen LogP contribution is 2.56. The first kappa shape index (κ1) is 41.3. The molecular formula is C67H43N3O2. The van der Waals surface area contributed by atoms with E-state index < -0.39 is 0 Å². The maximum Gasteiger partial charge on any atom is 0.200 e. The fraction of sp³-hybridized carbons (Fsp3) is 0. The van der Waals surface area contributed by atoms with Crippen LogP contribution in [0.15, 0.2) is 270 Å². The van der Waals surface area contributed by atoms with Gasteiger partial charge in [-0.25, -0.2) is 0 Å². The van der Waals surface area contributed by atoms with E-state index >= 15 is 0 Å². The number of hydrogen-bond acceptors (Lipinski definition) is 4. The lowest BCUT2D eigenvalue weighted by Crippen LogP contribution is -2.24. The molecule has 13 aromatic rings. The van der Waals surface area contributed by atoms with Crippen LogP contribution in [0.4, 0.5) is 34.1 Å². The Morgan fingerprint density at radius 3 is 1.44 bits per heavy atom. The van der Waals surface area contributed by atoms with Gasteiger partial charge in [-0.05, 0) is 154 Å². The zero-order valence-electron chi connectivity index (χ0n) is 39.0. The summed E-state index contributed by atoms with van der Waals surface area (Å²) in [6.07, 6.45) is 0. The van der Waals surface area contributed by atoms with Crippen molar-refractivity contribution in [2.75, 3.05) is 9.80 Å². The third-order valence-electron chi connectivity index (χ3n) is 14.3. The van der Waals surface area contributed by atoms with Gasteiger partial charge in [-0.1, -0.05) is 152 Å². The Balaban J connectivity index is 0.939. The first-order valence-electron chi connectivity index (χ1n) is 24.4. The van der Waals surface area contributed by atoms with Gasteiger partial charge in [-0.3, -0.25) is 4.79 Å². The van der Waals surface area contributed by atoms with Gasteiger partial charge >= 0.3 is 0 Å². The minimum atomic E-state index is -0.0212. The quantitative estimate of drug-likeness (QED) is 0.149. The Labute approximate surface area is 416 Å². The molecule has 0 atom stereocenters. The molecular weight excluding hydrogens is 879 g/mol. The van der Waals surface area contributed by atoms with Crippen LogP contribution in [-0.2, 0) is 0 Å². The highest BCUT2D eigenvalue weighted by atomic mass is 16.3. The number of nitrogens with zero attached hydrogens (tertiary/aromatic N) is 3. The Hall–Kier alpha value is -9.71. The molecule has 0 saturated heterocycles. The van der Waals surface area contributed by atoms with Gasteiger partial charge in [0, 0.05) is 27.8 Å². The summed E-state index contributed by atoms with van der Waals surface area (Å²) in [4.78, 5) is 18.2. The molecule has 5 heteroatoms. The van der Waals surface area contributed by atoms with Crippen LogP contribution in [0.25, 0.3) is 93.9 Å². The summed E-state index contributed by atoms with van der Waals surface area (Å²) in [5.74, 6) is 0. The van der Waals surface area contributed by atoms with Crippen molar-refractivity contribution in [2.24, 2.45) is 0 Å². The van der Waals surface area contributed by atoms with E-state index in [1.807, 2.05) is 42.5 Å². The van der Waals surface area contributed by atoms with Crippen molar-refractivity contribution in [3.63, 3.8) is 0 Å². The number of para-hydroxylation sites is 4. The van der Waals surface area contributed by atoms with Gasteiger partial charge < -0.3 is 18.8 Å². The standard InChI is InChI=1S/C67H43N3O2/c71-67-56-24-11-13-26-65(56)72-66-43-51(29-35-57(66)67)45-27-33-54(34-28-45)69-61-37-31-49(47-18-14-17-46(39-47)44-15-4-1-5-16-44)41-63(61)70(53-21-8-3-9-22-53)64-42-50(32-38-62(64)69)48-30-36-60-58(40-48)55-23-10-12-25-59(55)68(60)52-19-6-2-7-20-52/h1-43H. The van der Waals surface area contributed by atoms with Crippen molar-refractivity contribution in [3.05, 3.63) is 271 Å². The second-order valence-corrected chi connectivity index (χ2v) is 18.5. The van der Waals surface area contributed by atoms with Crippen molar-refractivity contribution in [1.29, 1.82) is 0 Å². The van der Waals surface area contributed by atoms with Gasteiger partial charge in [0.2, 0.25) is 5.43 Å². The number of benzene rings is 11. The van der Waals surface area contributed by atoms with Crippen LogP contribution in [-0.4, -0.2) is 4.57 Å². The maximum absolute atomic E-state index is 13.4. The minimum absolute atomic E-state index is 0.0212. The fourth-order valence-electron chi connectivity index (χ4n) is 10.8. The molecule has 0 bridgehead atoms. The number of rotatable bonds is 7. The van der Waals surface area contributed by atoms with E-state index in [-0.39, 0.29) is 5.43 Å². The lowest BCUT2D eigenvalue weighted by atomic mass is 9.95. The van der Waals surface area contributed by atoms with E-state index in [9.17, 15) is 4.79 Å². The molecule has 0 radical (unpaired) electrons. The molecule has 11 aromatic carbocycles. The molecule has 0 spiro atoms. The molecule has 0 unspecified atom stereocenters.